The number of hydrogen-bond donors (Lipinski definition) is 1. The smallest absolute Gasteiger partial charge is 0.303 e. The zero-order chi connectivity index (χ0) is 15.7. The Kier molecular flexibility index (Phi) is 4.52. The maximum absolute atomic E-state index is 10.8. The zero-order valence-electron chi connectivity index (χ0n) is 13.2. The lowest BCUT2D eigenvalue weighted by atomic mass is 10.1. The van der Waals surface area contributed by atoms with Crippen molar-refractivity contribution in [1.82, 2.24) is 9.80 Å². The van der Waals surface area contributed by atoms with Crippen molar-refractivity contribution >= 4 is 5.97 Å². The average Bonchev–Trinajstić information content (AvgIpc) is 3.02. The molecule has 3 rings (SSSR count). The lowest BCUT2D eigenvalue weighted by Gasteiger charge is -2.41. The first-order valence-electron chi connectivity index (χ1n) is 7.88. The lowest BCUT2D eigenvalue weighted by Crippen LogP contribution is -2.54. The summed E-state index contributed by atoms with van der Waals surface area (Å²) < 4.78 is 10.7. The molecule has 22 heavy (non-hydrogen) atoms. The van der Waals surface area contributed by atoms with Gasteiger partial charge in [-0.25, -0.2) is 0 Å². The molecule has 2 fully saturated rings. The number of piperazine rings is 1. The molecule has 0 aromatic carbocycles. The molecule has 0 bridgehead atoms. The second-order valence-electron chi connectivity index (χ2n) is 6.42. The number of carbonyl (C=O) groups is 1. The van der Waals surface area contributed by atoms with E-state index < -0.39 is 0 Å². The van der Waals surface area contributed by atoms with Crippen LogP contribution in [-0.4, -0.2) is 58.7 Å². The second kappa shape index (κ2) is 6.40. The Morgan fingerprint density at radius 3 is 2.91 bits per heavy atom. The van der Waals surface area contributed by atoms with E-state index in [1.165, 1.54) is 6.92 Å². The van der Waals surface area contributed by atoms with Crippen molar-refractivity contribution < 1.29 is 19.1 Å². The van der Waals surface area contributed by atoms with E-state index in [0.717, 1.165) is 38.4 Å². The molecule has 2 aliphatic rings. The van der Waals surface area contributed by atoms with Crippen molar-refractivity contribution in [3.8, 4) is 0 Å². The number of aliphatic hydroxyl groups is 1. The Morgan fingerprint density at radius 2 is 2.14 bits per heavy atom. The SMILES string of the molecule is CC(=O)OCc1ccc(CN2C[C@H]3C[C@@H](O)CN3C[C@H]2C)o1. The van der Waals surface area contributed by atoms with Crippen LogP contribution in [0.25, 0.3) is 0 Å². The molecule has 2 saturated heterocycles. The summed E-state index contributed by atoms with van der Waals surface area (Å²) in [5.41, 5.74) is 0. The van der Waals surface area contributed by atoms with Crippen molar-refractivity contribution in [2.75, 3.05) is 19.6 Å². The Labute approximate surface area is 130 Å². The molecule has 0 saturated carbocycles. The summed E-state index contributed by atoms with van der Waals surface area (Å²) in [5, 5.41) is 9.81. The number of fused-ring (bicyclic) bond motifs is 1. The fraction of sp³-hybridized carbons (Fsp3) is 0.688. The Balaban J connectivity index is 1.57. The van der Waals surface area contributed by atoms with Gasteiger partial charge in [-0.2, -0.15) is 0 Å². The Morgan fingerprint density at radius 1 is 1.36 bits per heavy atom. The number of ether oxygens (including phenoxy) is 1. The largest absolute Gasteiger partial charge is 0.461 e. The highest BCUT2D eigenvalue weighted by Gasteiger charge is 2.38. The van der Waals surface area contributed by atoms with Gasteiger partial charge in [0.1, 0.15) is 18.1 Å². The monoisotopic (exact) mass is 308 g/mol. The van der Waals surface area contributed by atoms with Crippen LogP contribution >= 0.6 is 0 Å². The van der Waals surface area contributed by atoms with Crippen LogP contribution in [-0.2, 0) is 22.7 Å². The topological polar surface area (TPSA) is 66.2 Å². The van der Waals surface area contributed by atoms with E-state index >= 15 is 0 Å². The molecule has 122 valence electrons. The summed E-state index contributed by atoms with van der Waals surface area (Å²) in [6.45, 7) is 7.29. The molecule has 2 aliphatic heterocycles. The van der Waals surface area contributed by atoms with Gasteiger partial charge in [0, 0.05) is 38.6 Å². The minimum Gasteiger partial charge on any atom is -0.461 e. The summed E-state index contributed by atoms with van der Waals surface area (Å²) in [6, 6.07) is 4.69. The van der Waals surface area contributed by atoms with Gasteiger partial charge >= 0.3 is 5.97 Å². The molecule has 1 aromatic heterocycles. The van der Waals surface area contributed by atoms with E-state index in [4.69, 9.17) is 9.15 Å². The highest BCUT2D eigenvalue weighted by atomic mass is 16.5. The molecular weight excluding hydrogens is 284 g/mol. The number of carbonyl (C=O) groups excluding carboxylic acids is 1. The van der Waals surface area contributed by atoms with Crippen LogP contribution in [0.2, 0.25) is 0 Å². The molecule has 3 heterocycles. The van der Waals surface area contributed by atoms with Gasteiger partial charge in [-0.15, -0.1) is 0 Å². The maximum atomic E-state index is 10.8. The van der Waals surface area contributed by atoms with E-state index in [0.29, 0.717) is 17.8 Å². The molecular formula is C16H24N2O4. The van der Waals surface area contributed by atoms with Crippen LogP contribution in [0.1, 0.15) is 31.8 Å². The first kappa shape index (κ1) is 15.5. The van der Waals surface area contributed by atoms with E-state index in [2.05, 4.69) is 16.7 Å². The molecule has 1 N–H and O–H groups in total. The van der Waals surface area contributed by atoms with E-state index in [1.807, 2.05) is 12.1 Å². The second-order valence-corrected chi connectivity index (χ2v) is 6.42. The van der Waals surface area contributed by atoms with Crippen LogP contribution in [0.4, 0.5) is 0 Å². The first-order valence-corrected chi connectivity index (χ1v) is 7.88. The summed E-state index contributed by atoms with van der Waals surface area (Å²) in [5.74, 6) is 1.26. The number of esters is 1. The van der Waals surface area contributed by atoms with Crippen molar-refractivity contribution in [2.45, 2.75) is 51.6 Å². The van der Waals surface area contributed by atoms with Crippen molar-refractivity contribution in [3.63, 3.8) is 0 Å². The molecule has 6 heteroatoms. The van der Waals surface area contributed by atoms with E-state index in [-0.39, 0.29) is 18.7 Å². The fourth-order valence-electron chi connectivity index (χ4n) is 3.45. The molecule has 0 spiro atoms. The highest BCUT2D eigenvalue weighted by Crippen LogP contribution is 2.26. The summed E-state index contributed by atoms with van der Waals surface area (Å²) >= 11 is 0. The summed E-state index contributed by atoms with van der Waals surface area (Å²) in [6.07, 6.45) is 0.676. The highest BCUT2D eigenvalue weighted by molar-refractivity contribution is 5.65. The van der Waals surface area contributed by atoms with Crippen LogP contribution in [0, 0.1) is 0 Å². The third-order valence-corrected chi connectivity index (χ3v) is 4.57. The lowest BCUT2D eigenvalue weighted by molar-refractivity contribution is -0.142. The Bertz CT molecular complexity index is 530. The minimum atomic E-state index is -0.303. The normalized spacial score (nSPS) is 29.5. The van der Waals surface area contributed by atoms with Crippen LogP contribution in [0.3, 0.4) is 0 Å². The third-order valence-electron chi connectivity index (χ3n) is 4.57. The summed E-state index contributed by atoms with van der Waals surface area (Å²) in [4.78, 5) is 15.6. The predicted molar refractivity (Wildman–Crippen MR) is 80.0 cm³/mol. The molecule has 6 nitrogen and oxygen atoms in total. The van der Waals surface area contributed by atoms with Gasteiger partial charge in [-0.05, 0) is 25.5 Å². The number of hydrogen-bond acceptors (Lipinski definition) is 6. The molecule has 0 radical (unpaired) electrons. The average molecular weight is 308 g/mol. The van der Waals surface area contributed by atoms with Gasteiger partial charge in [0.15, 0.2) is 0 Å². The number of aliphatic hydroxyl groups excluding tert-OH is 1. The van der Waals surface area contributed by atoms with Gasteiger partial charge < -0.3 is 14.3 Å². The molecule has 0 aliphatic carbocycles. The number of nitrogens with zero attached hydrogens (tertiary/aromatic N) is 2. The van der Waals surface area contributed by atoms with Gasteiger partial charge in [0.25, 0.3) is 0 Å². The van der Waals surface area contributed by atoms with Gasteiger partial charge in [-0.1, -0.05) is 0 Å². The van der Waals surface area contributed by atoms with Crippen molar-refractivity contribution in [2.24, 2.45) is 0 Å². The summed E-state index contributed by atoms with van der Waals surface area (Å²) in [7, 11) is 0. The molecule has 0 unspecified atom stereocenters. The number of rotatable bonds is 4. The predicted octanol–water partition coefficient (Wildman–Crippen LogP) is 0.982. The van der Waals surface area contributed by atoms with Crippen LogP contribution in [0.15, 0.2) is 16.5 Å². The van der Waals surface area contributed by atoms with Gasteiger partial charge in [-0.3, -0.25) is 14.6 Å². The molecule has 3 atom stereocenters. The molecule has 1 aromatic rings. The standard InChI is InChI=1S/C16H24N2O4/c1-11-6-18-8-14(20)5-13(18)7-17(11)9-15-3-4-16(22-15)10-21-12(2)19/h3-4,11,13-14,20H,5-10H2,1-2H3/t11-,13-,14-/m1/s1. The van der Waals surface area contributed by atoms with Crippen LogP contribution in [0.5, 0.6) is 0 Å². The fourth-order valence-corrected chi connectivity index (χ4v) is 3.45. The van der Waals surface area contributed by atoms with Crippen molar-refractivity contribution in [1.29, 1.82) is 0 Å². The van der Waals surface area contributed by atoms with E-state index in [1.54, 1.807) is 0 Å². The van der Waals surface area contributed by atoms with Gasteiger partial charge in [0.2, 0.25) is 0 Å². The van der Waals surface area contributed by atoms with Gasteiger partial charge in [0.05, 0.1) is 12.6 Å². The minimum absolute atomic E-state index is 0.184. The zero-order valence-corrected chi connectivity index (χ0v) is 13.2. The van der Waals surface area contributed by atoms with E-state index in [9.17, 15) is 9.90 Å². The quantitative estimate of drug-likeness (QED) is 0.837. The third kappa shape index (κ3) is 3.51. The van der Waals surface area contributed by atoms with Crippen LogP contribution < -0.4 is 0 Å². The maximum Gasteiger partial charge on any atom is 0.303 e. The first-order chi connectivity index (χ1) is 10.5. The Hall–Kier alpha value is -1.37. The molecule has 0 amide bonds. The van der Waals surface area contributed by atoms with Crippen molar-refractivity contribution in [3.05, 3.63) is 23.7 Å². The number of furan rings is 1.